The van der Waals surface area contributed by atoms with Gasteiger partial charge in [-0.25, -0.2) is 15.3 Å². The number of fused-ring (bicyclic) bond motifs is 1. The van der Waals surface area contributed by atoms with Gasteiger partial charge in [0.1, 0.15) is 12.1 Å². The Morgan fingerprint density at radius 2 is 1.90 bits per heavy atom. The van der Waals surface area contributed by atoms with Crippen molar-refractivity contribution in [1.82, 2.24) is 24.8 Å². The van der Waals surface area contributed by atoms with Crippen molar-refractivity contribution in [1.29, 1.82) is 0 Å². The van der Waals surface area contributed by atoms with Crippen LogP contribution in [0.3, 0.4) is 0 Å². The van der Waals surface area contributed by atoms with Gasteiger partial charge in [0.25, 0.3) is 0 Å². The number of ether oxygens (including phenoxy) is 2. The molecule has 6 rings (SSSR count). The summed E-state index contributed by atoms with van der Waals surface area (Å²) in [6, 6.07) is 5.39. The molecule has 40 heavy (non-hydrogen) atoms. The molecule has 1 saturated carbocycles. The van der Waals surface area contributed by atoms with Gasteiger partial charge in [0.15, 0.2) is 0 Å². The Hall–Kier alpha value is -3.18. The molecule has 2 aromatic rings. The van der Waals surface area contributed by atoms with Crippen molar-refractivity contribution in [3.63, 3.8) is 0 Å². The minimum Gasteiger partial charge on any atom is -0.446 e. The second kappa shape index (κ2) is 11.0. The van der Waals surface area contributed by atoms with Gasteiger partial charge in [0.2, 0.25) is 11.8 Å². The molecule has 4 heterocycles. The molecule has 1 aromatic heterocycles. The largest absolute Gasteiger partial charge is 0.446 e. The van der Waals surface area contributed by atoms with Crippen molar-refractivity contribution >= 4 is 28.9 Å². The molecule has 0 radical (unpaired) electrons. The normalized spacial score (nSPS) is 25.2. The summed E-state index contributed by atoms with van der Waals surface area (Å²) in [5.41, 5.74) is 4.90. The summed E-state index contributed by atoms with van der Waals surface area (Å²) in [4.78, 5) is 48.2. The van der Waals surface area contributed by atoms with E-state index in [-0.39, 0.29) is 17.4 Å². The van der Waals surface area contributed by atoms with E-state index in [0.29, 0.717) is 58.0 Å². The fraction of sp³-hybridized carbons (Fsp3) is 0.655. The van der Waals surface area contributed by atoms with Crippen LogP contribution in [0.5, 0.6) is 0 Å². The summed E-state index contributed by atoms with van der Waals surface area (Å²) in [5, 5.41) is 9.55. The van der Waals surface area contributed by atoms with E-state index in [1.165, 1.54) is 10.5 Å². The van der Waals surface area contributed by atoms with E-state index >= 15 is 0 Å². The molecule has 3 aliphatic heterocycles. The van der Waals surface area contributed by atoms with Crippen LogP contribution in [0.4, 0.5) is 4.79 Å². The monoisotopic (exact) mass is 553 g/mol. The topological polar surface area (TPSA) is 126 Å². The number of hydrogen-bond acceptors (Lipinski definition) is 7. The van der Waals surface area contributed by atoms with Crippen LogP contribution in [0.2, 0.25) is 0 Å². The zero-order valence-corrected chi connectivity index (χ0v) is 23.1. The Labute approximate surface area is 233 Å². The zero-order valence-electron chi connectivity index (χ0n) is 23.1. The smallest absolute Gasteiger partial charge is 0.410 e. The first kappa shape index (κ1) is 27.0. The summed E-state index contributed by atoms with van der Waals surface area (Å²) in [6.45, 7) is 5.47. The minimum absolute atomic E-state index is 0.195. The molecule has 3 amide bonds. The highest BCUT2D eigenvalue weighted by atomic mass is 16.6. The van der Waals surface area contributed by atoms with Gasteiger partial charge in [-0.3, -0.25) is 19.7 Å². The molecular formula is C29H39N5O6. The number of carbonyl (C=O) groups excluding carboxylic acids is 3. The summed E-state index contributed by atoms with van der Waals surface area (Å²) < 4.78 is 13.4. The third kappa shape index (κ3) is 5.16. The quantitative estimate of drug-likeness (QED) is 0.431. The van der Waals surface area contributed by atoms with Gasteiger partial charge in [-0.05, 0) is 68.1 Å². The molecule has 2 atom stereocenters. The molecule has 11 nitrogen and oxygen atoms in total. The second-order valence-electron chi connectivity index (χ2n) is 11.9. The lowest BCUT2D eigenvalue weighted by Crippen LogP contribution is -2.62. The maximum Gasteiger partial charge on any atom is 0.410 e. The Morgan fingerprint density at radius 1 is 1.15 bits per heavy atom. The predicted octanol–water partition coefficient (Wildman–Crippen LogP) is 3.05. The lowest BCUT2D eigenvalue weighted by Gasteiger charge is -2.45. The van der Waals surface area contributed by atoms with E-state index < -0.39 is 24.0 Å². The summed E-state index contributed by atoms with van der Waals surface area (Å²) in [6.07, 6.45) is 6.09. The molecule has 2 unspecified atom stereocenters. The molecule has 4 aliphatic rings. The van der Waals surface area contributed by atoms with Gasteiger partial charge in [-0.15, -0.1) is 0 Å². The number of amides is 3. The Morgan fingerprint density at radius 3 is 2.58 bits per heavy atom. The molecule has 4 fully saturated rings. The van der Waals surface area contributed by atoms with E-state index in [1.807, 2.05) is 6.33 Å². The van der Waals surface area contributed by atoms with Crippen LogP contribution in [0.15, 0.2) is 24.5 Å². The molecule has 1 spiro atoms. The van der Waals surface area contributed by atoms with E-state index in [4.69, 9.17) is 9.47 Å². The number of rotatable bonds is 5. The fourth-order valence-corrected chi connectivity index (χ4v) is 6.87. The van der Waals surface area contributed by atoms with Gasteiger partial charge in [-0.1, -0.05) is 6.07 Å². The molecule has 1 aliphatic carbocycles. The summed E-state index contributed by atoms with van der Waals surface area (Å²) in [5.74, 6) is -1.39. The Kier molecular flexibility index (Phi) is 7.43. The SMILES string of the molecule is CCn1cnc2ccc(C3CCN(C(=O)C4C(C(=O)NO)CC5(CC5)CN4C(=O)OC4CCOCC4)CC3)cc21. The molecular weight excluding hydrogens is 514 g/mol. The molecule has 0 bridgehead atoms. The van der Waals surface area contributed by atoms with Gasteiger partial charge in [0.05, 0.1) is 36.5 Å². The average molecular weight is 554 g/mol. The van der Waals surface area contributed by atoms with Crippen molar-refractivity contribution in [3.8, 4) is 0 Å². The number of piperidine rings is 2. The molecule has 2 N–H and O–H groups in total. The first-order valence-electron chi connectivity index (χ1n) is 14.6. The molecule has 11 heteroatoms. The van der Waals surface area contributed by atoms with Crippen LogP contribution < -0.4 is 5.48 Å². The van der Waals surface area contributed by atoms with Gasteiger partial charge >= 0.3 is 6.09 Å². The van der Waals surface area contributed by atoms with Crippen molar-refractivity contribution < 1.29 is 29.1 Å². The second-order valence-corrected chi connectivity index (χ2v) is 11.9. The van der Waals surface area contributed by atoms with E-state index in [1.54, 1.807) is 10.4 Å². The highest BCUT2D eigenvalue weighted by Gasteiger charge is 2.58. The maximum absolute atomic E-state index is 14.1. The Balaban J connectivity index is 1.19. The highest BCUT2D eigenvalue weighted by molar-refractivity contribution is 5.93. The number of hydrogen-bond donors (Lipinski definition) is 2. The summed E-state index contributed by atoms with van der Waals surface area (Å²) in [7, 11) is 0. The lowest BCUT2D eigenvalue weighted by atomic mass is 9.79. The molecule has 3 saturated heterocycles. The van der Waals surface area contributed by atoms with Crippen LogP contribution in [-0.2, 0) is 25.6 Å². The minimum atomic E-state index is -1.00. The van der Waals surface area contributed by atoms with E-state index in [0.717, 1.165) is 43.3 Å². The first-order chi connectivity index (χ1) is 19.4. The average Bonchev–Trinajstić information content (AvgIpc) is 3.61. The third-order valence-corrected chi connectivity index (χ3v) is 9.47. The number of carbonyl (C=O) groups is 3. The molecule has 216 valence electrons. The van der Waals surface area contributed by atoms with E-state index in [2.05, 4.69) is 34.7 Å². The van der Waals surface area contributed by atoms with Crippen LogP contribution in [0, 0.1) is 11.3 Å². The van der Waals surface area contributed by atoms with Crippen LogP contribution >= 0.6 is 0 Å². The van der Waals surface area contributed by atoms with Crippen molar-refractivity contribution in [2.75, 3.05) is 32.8 Å². The van der Waals surface area contributed by atoms with Gasteiger partial charge in [-0.2, -0.15) is 0 Å². The number of benzene rings is 1. The number of imidazole rings is 1. The van der Waals surface area contributed by atoms with Gasteiger partial charge in [0, 0.05) is 39.0 Å². The van der Waals surface area contributed by atoms with Crippen LogP contribution in [0.1, 0.15) is 63.4 Å². The fourth-order valence-electron chi connectivity index (χ4n) is 6.87. The summed E-state index contributed by atoms with van der Waals surface area (Å²) >= 11 is 0. The number of nitrogens with zero attached hydrogens (tertiary/aromatic N) is 4. The number of aromatic nitrogens is 2. The van der Waals surface area contributed by atoms with Crippen molar-refractivity contribution in [3.05, 3.63) is 30.1 Å². The van der Waals surface area contributed by atoms with Crippen molar-refractivity contribution in [2.45, 2.75) is 76.5 Å². The number of hydroxylamine groups is 1. The maximum atomic E-state index is 14.1. The van der Waals surface area contributed by atoms with Crippen LogP contribution in [-0.4, -0.2) is 87.5 Å². The predicted molar refractivity (Wildman–Crippen MR) is 144 cm³/mol. The number of aryl methyl sites for hydroxylation is 1. The molecule has 1 aromatic carbocycles. The highest BCUT2D eigenvalue weighted by Crippen LogP contribution is 2.55. The Bertz CT molecular complexity index is 1260. The van der Waals surface area contributed by atoms with E-state index in [9.17, 15) is 19.6 Å². The standard InChI is InChI=1S/C29H39N5O6/c1-2-32-18-30-23-4-3-20(15-24(23)32)19-5-11-33(12-6-19)27(36)25-22(26(35)31-38)16-29(9-10-29)17-34(25)28(37)40-21-7-13-39-14-8-21/h3-4,15,18-19,21-22,25,38H,2,5-14,16-17H2,1H3,(H,31,35). The third-order valence-electron chi connectivity index (χ3n) is 9.47. The van der Waals surface area contributed by atoms with Crippen molar-refractivity contribution in [2.24, 2.45) is 11.3 Å². The lowest BCUT2D eigenvalue weighted by molar-refractivity contribution is -0.151. The number of likely N-dealkylation sites (tertiary alicyclic amines) is 2. The zero-order chi connectivity index (χ0) is 27.9. The first-order valence-corrected chi connectivity index (χ1v) is 14.6. The van der Waals surface area contributed by atoms with Crippen LogP contribution in [0.25, 0.3) is 11.0 Å². The number of nitrogens with one attached hydrogen (secondary N) is 1. The van der Waals surface area contributed by atoms with Gasteiger partial charge < -0.3 is 18.9 Å².